The number of hydrogen-bond acceptors (Lipinski definition) is 7. The van der Waals surface area contributed by atoms with Gasteiger partial charge >= 0.3 is 0 Å². The number of nitrogens with one attached hydrogen (secondary N) is 1. The minimum atomic E-state index is -0.490. The molecule has 2 aliphatic rings. The number of rotatable bonds is 6. The number of nitrogens with zero attached hydrogens (tertiary/aromatic N) is 6. The molecular formula is C22H25ClN8O. The second kappa shape index (κ2) is 8.38. The van der Waals surface area contributed by atoms with Crippen molar-refractivity contribution in [3.8, 4) is 5.69 Å². The van der Waals surface area contributed by atoms with Gasteiger partial charge in [0.25, 0.3) is 0 Å². The van der Waals surface area contributed by atoms with Crippen molar-refractivity contribution >= 4 is 35.0 Å². The van der Waals surface area contributed by atoms with Crippen LogP contribution in [0.5, 0.6) is 0 Å². The van der Waals surface area contributed by atoms with Gasteiger partial charge in [-0.1, -0.05) is 19.8 Å². The Labute approximate surface area is 191 Å². The topological polar surface area (TPSA) is 115 Å². The minimum Gasteiger partial charge on any atom is -0.366 e. The summed E-state index contributed by atoms with van der Waals surface area (Å²) in [6.07, 6.45) is 9.18. The van der Waals surface area contributed by atoms with Crippen LogP contribution in [0.1, 0.15) is 66.8 Å². The summed E-state index contributed by atoms with van der Waals surface area (Å²) >= 11 is 6.12. The third-order valence-electron chi connectivity index (χ3n) is 6.35. The molecule has 2 aromatic heterocycles. The number of amides is 1. The molecule has 3 aromatic rings. The number of aromatic nitrogens is 5. The molecule has 166 valence electrons. The van der Waals surface area contributed by atoms with Crippen molar-refractivity contribution < 1.29 is 4.79 Å². The molecular weight excluding hydrogens is 428 g/mol. The Balaban J connectivity index is 1.56. The summed E-state index contributed by atoms with van der Waals surface area (Å²) in [5.41, 5.74) is 8.19. The van der Waals surface area contributed by atoms with Crippen molar-refractivity contribution in [3.63, 3.8) is 0 Å². The van der Waals surface area contributed by atoms with Gasteiger partial charge in [0.15, 0.2) is 11.6 Å². The van der Waals surface area contributed by atoms with Gasteiger partial charge in [-0.15, -0.1) is 21.8 Å². The standard InChI is InChI=1S/C22H25ClN8O/c1-2-17-21-29-26-12-30(21)18-11-25-22(28-20(18)31(17)15-5-3-4-6-15)27-16-8-7-13(19(24)32)9-14(16)10-23/h7-9,11-12,15,17H,2-6,10H2,1H3,(H2,24,32)(H,25,27,28). The minimum absolute atomic E-state index is 0.115. The molecule has 1 fully saturated rings. The van der Waals surface area contributed by atoms with E-state index < -0.39 is 5.91 Å². The quantitative estimate of drug-likeness (QED) is 0.545. The molecule has 9 nitrogen and oxygen atoms in total. The first-order valence-corrected chi connectivity index (χ1v) is 11.5. The van der Waals surface area contributed by atoms with Crippen molar-refractivity contribution in [2.75, 3.05) is 10.2 Å². The zero-order valence-electron chi connectivity index (χ0n) is 17.8. The highest BCUT2D eigenvalue weighted by molar-refractivity contribution is 6.17. The fraction of sp³-hybridized carbons (Fsp3) is 0.409. The summed E-state index contributed by atoms with van der Waals surface area (Å²) in [6.45, 7) is 2.17. The molecule has 0 radical (unpaired) electrons. The van der Waals surface area contributed by atoms with E-state index in [1.54, 1.807) is 24.5 Å². The first-order chi connectivity index (χ1) is 15.6. The predicted octanol–water partition coefficient (Wildman–Crippen LogP) is 3.85. The lowest BCUT2D eigenvalue weighted by Crippen LogP contribution is -2.42. The third kappa shape index (κ3) is 3.46. The normalized spacial score (nSPS) is 17.8. The Kier molecular flexibility index (Phi) is 5.42. The third-order valence-corrected chi connectivity index (χ3v) is 6.63. The van der Waals surface area contributed by atoms with Gasteiger partial charge in [0.2, 0.25) is 11.9 Å². The number of carbonyl (C=O) groups is 1. The molecule has 1 amide bonds. The van der Waals surface area contributed by atoms with Crippen LogP contribution in [-0.2, 0) is 5.88 Å². The van der Waals surface area contributed by atoms with E-state index in [1.165, 1.54) is 12.8 Å². The van der Waals surface area contributed by atoms with E-state index in [0.29, 0.717) is 17.6 Å². The number of hydrogen-bond donors (Lipinski definition) is 2. The lowest BCUT2D eigenvalue weighted by atomic mass is 10.0. The molecule has 0 saturated heterocycles. The van der Waals surface area contributed by atoms with E-state index in [-0.39, 0.29) is 11.9 Å². The lowest BCUT2D eigenvalue weighted by Gasteiger charge is -2.40. The fourth-order valence-electron chi connectivity index (χ4n) is 4.80. The van der Waals surface area contributed by atoms with Crippen LogP contribution in [0, 0.1) is 0 Å². The van der Waals surface area contributed by atoms with Gasteiger partial charge < -0.3 is 16.0 Å². The SMILES string of the molecule is CCC1c2nncn2-c2cnc(Nc3ccc(C(N)=O)cc3CCl)nc2N1C1CCCC1. The van der Waals surface area contributed by atoms with Crippen molar-refractivity contribution in [3.05, 3.63) is 47.7 Å². The fourth-order valence-corrected chi connectivity index (χ4v) is 5.03. The molecule has 1 aliphatic heterocycles. The number of nitrogens with two attached hydrogens (primary N) is 1. The Hall–Kier alpha value is -3.20. The average molecular weight is 453 g/mol. The van der Waals surface area contributed by atoms with Crippen LogP contribution < -0.4 is 16.0 Å². The Morgan fingerprint density at radius 2 is 2.12 bits per heavy atom. The summed E-state index contributed by atoms with van der Waals surface area (Å²) in [6, 6.07) is 5.67. The largest absolute Gasteiger partial charge is 0.366 e. The first kappa shape index (κ1) is 20.7. The molecule has 0 bridgehead atoms. The van der Waals surface area contributed by atoms with E-state index in [4.69, 9.17) is 22.3 Å². The van der Waals surface area contributed by atoms with Crippen LogP contribution in [0.4, 0.5) is 17.5 Å². The summed E-state index contributed by atoms with van der Waals surface area (Å²) < 4.78 is 1.99. The van der Waals surface area contributed by atoms with Crippen LogP contribution in [0.2, 0.25) is 0 Å². The Bertz CT molecular complexity index is 1160. The van der Waals surface area contributed by atoms with E-state index >= 15 is 0 Å². The molecule has 5 rings (SSSR count). The second-order valence-electron chi connectivity index (χ2n) is 8.23. The van der Waals surface area contributed by atoms with Gasteiger partial charge in [-0.2, -0.15) is 4.98 Å². The van der Waals surface area contributed by atoms with Gasteiger partial charge in [-0.05, 0) is 43.0 Å². The van der Waals surface area contributed by atoms with Crippen LogP contribution in [-0.4, -0.2) is 36.7 Å². The second-order valence-corrected chi connectivity index (χ2v) is 8.49. The van der Waals surface area contributed by atoms with Crippen molar-refractivity contribution in [2.45, 2.75) is 57.0 Å². The van der Waals surface area contributed by atoms with Crippen LogP contribution in [0.25, 0.3) is 5.69 Å². The highest BCUT2D eigenvalue weighted by atomic mass is 35.5. The molecule has 1 aliphatic carbocycles. The molecule has 1 saturated carbocycles. The van der Waals surface area contributed by atoms with Gasteiger partial charge in [0, 0.05) is 23.2 Å². The maximum absolute atomic E-state index is 11.5. The summed E-state index contributed by atoms with van der Waals surface area (Å²) in [5, 5.41) is 11.8. The number of anilines is 3. The van der Waals surface area contributed by atoms with Crippen LogP contribution in [0.3, 0.4) is 0 Å². The molecule has 3 N–H and O–H groups in total. The highest BCUT2D eigenvalue weighted by Crippen LogP contribution is 2.42. The smallest absolute Gasteiger partial charge is 0.248 e. The molecule has 10 heteroatoms. The number of primary amides is 1. The number of carbonyl (C=O) groups excluding carboxylic acids is 1. The average Bonchev–Trinajstić information content (AvgIpc) is 3.50. The van der Waals surface area contributed by atoms with Gasteiger partial charge in [-0.3, -0.25) is 9.36 Å². The van der Waals surface area contributed by atoms with Gasteiger partial charge in [-0.25, -0.2) is 4.98 Å². The highest BCUT2D eigenvalue weighted by Gasteiger charge is 2.38. The van der Waals surface area contributed by atoms with Crippen LogP contribution >= 0.6 is 11.6 Å². The summed E-state index contributed by atoms with van der Waals surface area (Å²) in [7, 11) is 0. The molecule has 3 heterocycles. The summed E-state index contributed by atoms with van der Waals surface area (Å²) in [4.78, 5) is 23.4. The maximum atomic E-state index is 11.5. The molecule has 32 heavy (non-hydrogen) atoms. The predicted molar refractivity (Wildman–Crippen MR) is 123 cm³/mol. The maximum Gasteiger partial charge on any atom is 0.248 e. The first-order valence-electron chi connectivity index (χ1n) is 10.9. The zero-order chi connectivity index (χ0) is 22.2. The van der Waals surface area contributed by atoms with E-state index in [2.05, 4.69) is 32.3 Å². The van der Waals surface area contributed by atoms with Crippen LogP contribution in [0.15, 0.2) is 30.7 Å². The molecule has 1 unspecified atom stereocenters. The lowest BCUT2D eigenvalue weighted by molar-refractivity contribution is 0.1000. The Morgan fingerprint density at radius 3 is 2.84 bits per heavy atom. The molecule has 1 atom stereocenters. The van der Waals surface area contributed by atoms with E-state index in [0.717, 1.165) is 47.8 Å². The Morgan fingerprint density at radius 1 is 1.31 bits per heavy atom. The van der Waals surface area contributed by atoms with E-state index in [9.17, 15) is 4.79 Å². The van der Waals surface area contributed by atoms with Gasteiger partial charge in [0.05, 0.1) is 12.2 Å². The molecule has 1 aromatic carbocycles. The van der Waals surface area contributed by atoms with Gasteiger partial charge in [0.1, 0.15) is 12.0 Å². The van der Waals surface area contributed by atoms with E-state index in [1.807, 2.05) is 10.8 Å². The zero-order valence-corrected chi connectivity index (χ0v) is 18.6. The monoisotopic (exact) mass is 452 g/mol. The van der Waals surface area contributed by atoms with Crippen molar-refractivity contribution in [1.82, 2.24) is 24.7 Å². The molecule has 0 spiro atoms. The van der Waals surface area contributed by atoms with Crippen molar-refractivity contribution in [1.29, 1.82) is 0 Å². The number of alkyl halides is 1. The number of fused-ring (bicyclic) bond motifs is 3. The summed E-state index contributed by atoms with van der Waals surface area (Å²) in [5.74, 6) is 2.02. The van der Waals surface area contributed by atoms with Crippen molar-refractivity contribution in [2.24, 2.45) is 5.73 Å². The number of benzene rings is 1. The number of halogens is 1.